The van der Waals surface area contributed by atoms with E-state index in [2.05, 4.69) is 10.6 Å². The van der Waals surface area contributed by atoms with E-state index in [0.717, 1.165) is 6.42 Å². The number of hydrogen-bond acceptors (Lipinski definition) is 7. The summed E-state index contributed by atoms with van der Waals surface area (Å²) in [7, 11) is 0. The van der Waals surface area contributed by atoms with Gasteiger partial charge in [-0.25, -0.2) is 4.84 Å². The molecule has 10 nitrogen and oxygen atoms in total. The van der Waals surface area contributed by atoms with Gasteiger partial charge in [-0.15, -0.1) is 0 Å². The minimum absolute atomic E-state index is 0.000895. The maximum absolute atomic E-state index is 11.7. The zero-order valence-electron chi connectivity index (χ0n) is 15.7. The van der Waals surface area contributed by atoms with Crippen molar-refractivity contribution >= 4 is 23.6 Å². The Morgan fingerprint density at radius 2 is 1.63 bits per heavy atom. The van der Waals surface area contributed by atoms with Crippen molar-refractivity contribution in [3.63, 3.8) is 0 Å². The first kappa shape index (κ1) is 23.0. The lowest BCUT2D eigenvalue weighted by molar-refractivity contribution is -0.245. The smallest absolute Gasteiger partial charge is 0.254 e. The van der Waals surface area contributed by atoms with Gasteiger partial charge in [-0.1, -0.05) is 6.92 Å². The molecule has 0 saturated carbocycles. The summed E-state index contributed by atoms with van der Waals surface area (Å²) >= 11 is 0. The number of aliphatic hydroxyl groups excluding tert-OH is 1. The lowest BCUT2D eigenvalue weighted by atomic mass is 10.2. The molecule has 0 bridgehead atoms. The second-order valence-electron chi connectivity index (χ2n) is 6.10. The van der Waals surface area contributed by atoms with Crippen molar-refractivity contribution in [3.05, 3.63) is 0 Å². The Hall–Kier alpha value is -2.04. The van der Waals surface area contributed by atoms with Crippen molar-refractivity contribution in [1.82, 2.24) is 15.7 Å². The molecule has 27 heavy (non-hydrogen) atoms. The zero-order valence-corrected chi connectivity index (χ0v) is 15.7. The number of amides is 4. The summed E-state index contributed by atoms with van der Waals surface area (Å²) in [5.74, 6) is -1.14. The van der Waals surface area contributed by atoms with Crippen LogP contribution < -0.4 is 10.6 Å². The Bertz CT molecular complexity index is 497. The molecular formula is C17H29N3O7. The summed E-state index contributed by atoms with van der Waals surface area (Å²) in [6, 6.07) is 0. The maximum Gasteiger partial charge on any atom is 0.254 e. The highest BCUT2D eigenvalue weighted by atomic mass is 16.8. The fourth-order valence-electron chi connectivity index (χ4n) is 2.32. The number of imide groups is 1. The fraction of sp³-hybridized carbons (Fsp3) is 0.765. The second kappa shape index (κ2) is 13.2. The molecule has 0 aromatic rings. The Labute approximate surface area is 158 Å². The Morgan fingerprint density at radius 3 is 2.19 bits per heavy atom. The molecule has 1 unspecified atom stereocenters. The number of aliphatic hydroxyl groups is 1. The monoisotopic (exact) mass is 387 g/mol. The van der Waals surface area contributed by atoms with Gasteiger partial charge in [0, 0.05) is 45.2 Å². The minimum atomic E-state index is -1.31. The van der Waals surface area contributed by atoms with E-state index in [1.165, 1.54) is 0 Å². The van der Waals surface area contributed by atoms with Crippen LogP contribution in [0.1, 0.15) is 51.9 Å². The number of rotatable bonds is 14. The summed E-state index contributed by atoms with van der Waals surface area (Å²) in [6.07, 6.45) is 0.801. The van der Waals surface area contributed by atoms with Crippen molar-refractivity contribution in [1.29, 1.82) is 0 Å². The first-order valence-electron chi connectivity index (χ1n) is 9.25. The summed E-state index contributed by atoms with van der Waals surface area (Å²) in [6.45, 7) is 3.43. The maximum atomic E-state index is 11.7. The molecule has 1 atom stereocenters. The molecule has 0 spiro atoms. The number of hydrogen-bond donors (Lipinski definition) is 3. The highest BCUT2D eigenvalue weighted by molar-refractivity contribution is 6.00. The standard InChI is InChI=1S/C17H29N3O7/c1-2-4-13(21)18-9-11-26-12-10-19-14(22)5-3-6-17(25)27-20-15(23)7-8-16(20)24/h17,25H,2-12H2,1H3,(H,18,21)(H,19,22). The van der Waals surface area contributed by atoms with Crippen LogP contribution in [0.5, 0.6) is 0 Å². The van der Waals surface area contributed by atoms with Crippen LogP contribution in [0.3, 0.4) is 0 Å². The number of nitrogens with one attached hydrogen (secondary N) is 2. The molecule has 10 heteroatoms. The van der Waals surface area contributed by atoms with Gasteiger partial charge in [0.05, 0.1) is 13.2 Å². The van der Waals surface area contributed by atoms with Crippen LogP contribution in [-0.4, -0.2) is 66.4 Å². The van der Waals surface area contributed by atoms with Gasteiger partial charge in [0.1, 0.15) is 0 Å². The Balaban J connectivity index is 1.97. The van der Waals surface area contributed by atoms with Crippen molar-refractivity contribution in [2.75, 3.05) is 26.3 Å². The third-order valence-electron chi connectivity index (χ3n) is 3.70. The van der Waals surface area contributed by atoms with Crippen molar-refractivity contribution in [3.8, 4) is 0 Å². The zero-order chi connectivity index (χ0) is 20.1. The molecule has 1 aliphatic rings. The predicted molar refractivity (Wildman–Crippen MR) is 93.8 cm³/mol. The molecule has 0 radical (unpaired) electrons. The van der Waals surface area contributed by atoms with E-state index in [1.54, 1.807) is 0 Å². The molecule has 1 aliphatic heterocycles. The van der Waals surface area contributed by atoms with E-state index in [9.17, 15) is 24.3 Å². The summed E-state index contributed by atoms with van der Waals surface area (Å²) in [5.41, 5.74) is 0. The lowest BCUT2D eigenvalue weighted by Gasteiger charge is -2.17. The van der Waals surface area contributed by atoms with Crippen LogP contribution in [0.25, 0.3) is 0 Å². The van der Waals surface area contributed by atoms with E-state index in [-0.39, 0.29) is 37.5 Å². The molecule has 4 amide bonds. The quantitative estimate of drug-likeness (QED) is 0.210. The van der Waals surface area contributed by atoms with Crippen molar-refractivity contribution < 1.29 is 33.9 Å². The highest BCUT2D eigenvalue weighted by Gasteiger charge is 2.31. The van der Waals surface area contributed by atoms with Crippen LogP contribution in [-0.2, 0) is 28.8 Å². The average molecular weight is 387 g/mol. The first-order valence-corrected chi connectivity index (χ1v) is 9.25. The minimum Gasteiger partial charge on any atom is -0.378 e. The van der Waals surface area contributed by atoms with E-state index < -0.39 is 18.1 Å². The van der Waals surface area contributed by atoms with Gasteiger partial charge in [0.15, 0.2) is 6.29 Å². The molecule has 154 valence electrons. The van der Waals surface area contributed by atoms with Gasteiger partial charge in [0.25, 0.3) is 11.8 Å². The van der Waals surface area contributed by atoms with Crippen molar-refractivity contribution in [2.24, 2.45) is 0 Å². The van der Waals surface area contributed by atoms with Gasteiger partial charge < -0.3 is 20.5 Å². The van der Waals surface area contributed by atoms with Gasteiger partial charge in [-0.05, 0) is 12.8 Å². The predicted octanol–water partition coefficient (Wildman–Crippen LogP) is -0.395. The SMILES string of the molecule is CCCC(=O)NCCOCCNC(=O)CCCC(O)ON1C(=O)CCC1=O. The molecule has 0 aromatic heterocycles. The number of carbonyl (C=O) groups excluding carboxylic acids is 4. The van der Waals surface area contributed by atoms with Gasteiger partial charge in [-0.3, -0.25) is 19.2 Å². The molecule has 1 heterocycles. The van der Waals surface area contributed by atoms with Crippen molar-refractivity contribution in [2.45, 2.75) is 58.2 Å². The van der Waals surface area contributed by atoms with E-state index in [1.807, 2.05) is 6.92 Å². The number of ether oxygens (including phenoxy) is 1. The topological polar surface area (TPSA) is 134 Å². The third-order valence-corrected chi connectivity index (χ3v) is 3.70. The number of carbonyl (C=O) groups is 4. The van der Waals surface area contributed by atoms with E-state index in [0.29, 0.717) is 44.2 Å². The molecule has 0 aromatic carbocycles. The van der Waals surface area contributed by atoms with Crippen LogP contribution in [0.4, 0.5) is 0 Å². The highest BCUT2D eigenvalue weighted by Crippen LogP contribution is 2.15. The summed E-state index contributed by atoms with van der Waals surface area (Å²) in [5, 5.41) is 15.7. The molecule has 1 rings (SSSR count). The van der Waals surface area contributed by atoms with Crippen LogP contribution in [0, 0.1) is 0 Å². The van der Waals surface area contributed by atoms with E-state index >= 15 is 0 Å². The van der Waals surface area contributed by atoms with Gasteiger partial charge in [-0.2, -0.15) is 5.06 Å². The van der Waals surface area contributed by atoms with Crippen LogP contribution in [0.2, 0.25) is 0 Å². The number of nitrogens with zero attached hydrogens (tertiary/aromatic N) is 1. The first-order chi connectivity index (χ1) is 12.9. The molecule has 3 N–H and O–H groups in total. The van der Waals surface area contributed by atoms with Gasteiger partial charge in [0.2, 0.25) is 11.8 Å². The third kappa shape index (κ3) is 10.0. The molecule has 1 saturated heterocycles. The largest absolute Gasteiger partial charge is 0.378 e. The van der Waals surface area contributed by atoms with Crippen LogP contribution in [0.15, 0.2) is 0 Å². The van der Waals surface area contributed by atoms with E-state index in [4.69, 9.17) is 9.57 Å². The Kier molecular flexibility index (Phi) is 11.2. The molecular weight excluding hydrogens is 358 g/mol. The fourth-order valence-corrected chi connectivity index (χ4v) is 2.32. The molecule has 1 fully saturated rings. The lowest BCUT2D eigenvalue weighted by Crippen LogP contribution is -2.34. The summed E-state index contributed by atoms with van der Waals surface area (Å²) in [4.78, 5) is 50.5. The second-order valence-corrected chi connectivity index (χ2v) is 6.10. The normalized spacial score (nSPS) is 15.1. The average Bonchev–Trinajstić information content (AvgIpc) is 2.93. The number of hydroxylamine groups is 2. The van der Waals surface area contributed by atoms with Gasteiger partial charge >= 0.3 is 0 Å². The Morgan fingerprint density at radius 1 is 1.07 bits per heavy atom. The van der Waals surface area contributed by atoms with Crippen LogP contribution >= 0.6 is 0 Å². The summed E-state index contributed by atoms with van der Waals surface area (Å²) < 4.78 is 5.29. The molecule has 0 aliphatic carbocycles.